The summed E-state index contributed by atoms with van der Waals surface area (Å²) in [5.74, 6) is 2.24. The van der Waals surface area contributed by atoms with Crippen LogP contribution in [0.2, 0.25) is 0 Å². The molecule has 2 aromatic rings. The van der Waals surface area contributed by atoms with Gasteiger partial charge in [0.1, 0.15) is 5.82 Å². The molecule has 1 aliphatic heterocycles. The van der Waals surface area contributed by atoms with Gasteiger partial charge in [0.05, 0.1) is 11.0 Å². The zero-order valence-electron chi connectivity index (χ0n) is 11.1. The van der Waals surface area contributed by atoms with Crippen molar-refractivity contribution in [2.45, 2.75) is 6.04 Å². The van der Waals surface area contributed by atoms with Gasteiger partial charge in [-0.1, -0.05) is 0 Å². The fourth-order valence-corrected chi connectivity index (χ4v) is 3.56. The van der Waals surface area contributed by atoms with Gasteiger partial charge in [0, 0.05) is 32.2 Å². The molecular formula is C14H17FN4. The van der Waals surface area contributed by atoms with Crippen LogP contribution in [-0.4, -0.2) is 35.7 Å². The molecule has 1 unspecified atom stereocenters. The second-order valence-corrected chi connectivity index (χ2v) is 5.65. The smallest absolute Gasteiger partial charge is 0.206 e. The third-order valence-corrected chi connectivity index (χ3v) is 4.63. The van der Waals surface area contributed by atoms with E-state index in [1.54, 1.807) is 6.07 Å². The van der Waals surface area contributed by atoms with Crippen molar-refractivity contribution in [2.75, 3.05) is 25.0 Å². The van der Waals surface area contributed by atoms with E-state index in [-0.39, 0.29) is 5.82 Å². The van der Waals surface area contributed by atoms with Gasteiger partial charge in [-0.15, -0.1) is 0 Å². The van der Waals surface area contributed by atoms with Gasteiger partial charge in [-0.25, -0.2) is 9.37 Å². The maximum Gasteiger partial charge on any atom is 0.206 e. The average Bonchev–Trinajstić information content (AvgIpc) is 2.73. The number of fused-ring (bicyclic) bond motifs is 2. The minimum absolute atomic E-state index is 0.225. The summed E-state index contributed by atoms with van der Waals surface area (Å²) in [5, 5.41) is 3.36. The minimum atomic E-state index is -0.225. The van der Waals surface area contributed by atoms with Crippen molar-refractivity contribution in [3.63, 3.8) is 0 Å². The zero-order chi connectivity index (χ0) is 13.1. The van der Waals surface area contributed by atoms with Crippen molar-refractivity contribution in [1.82, 2.24) is 14.9 Å². The largest absolute Gasteiger partial charge is 0.342 e. The Bertz CT molecular complexity index is 638. The molecule has 2 heterocycles. The molecule has 19 heavy (non-hydrogen) atoms. The number of halogens is 1. The first-order valence-electron chi connectivity index (χ1n) is 6.73. The lowest BCUT2D eigenvalue weighted by atomic mass is 10.3. The Hall–Kier alpha value is -1.62. The molecule has 1 saturated carbocycles. The fourth-order valence-electron chi connectivity index (χ4n) is 3.56. The molecule has 1 aromatic carbocycles. The van der Waals surface area contributed by atoms with Gasteiger partial charge in [0.2, 0.25) is 5.95 Å². The third-order valence-electron chi connectivity index (χ3n) is 4.63. The predicted molar refractivity (Wildman–Crippen MR) is 72.7 cm³/mol. The molecule has 4 rings (SSSR count). The Labute approximate surface area is 111 Å². The molecule has 1 N–H and O–H groups in total. The number of benzene rings is 1. The van der Waals surface area contributed by atoms with Gasteiger partial charge in [0.25, 0.3) is 0 Å². The lowest BCUT2D eigenvalue weighted by Crippen LogP contribution is -2.31. The van der Waals surface area contributed by atoms with Gasteiger partial charge in [0.15, 0.2) is 0 Å². The van der Waals surface area contributed by atoms with E-state index in [0.717, 1.165) is 41.9 Å². The molecule has 1 aliphatic carbocycles. The summed E-state index contributed by atoms with van der Waals surface area (Å²) < 4.78 is 15.3. The van der Waals surface area contributed by atoms with E-state index >= 15 is 0 Å². The molecule has 4 nitrogen and oxygen atoms in total. The first-order chi connectivity index (χ1) is 9.19. The van der Waals surface area contributed by atoms with Crippen LogP contribution in [-0.2, 0) is 7.05 Å². The van der Waals surface area contributed by atoms with Crippen molar-refractivity contribution in [1.29, 1.82) is 0 Å². The summed E-state index contributed by atoms with van der Waals surface area (Å²) >= 11 is 0. The number of piperidine rings is 1. The van der Waals surface area contributed by atoms with Gasteiger partial charge in [-0.2, -0.15) is 0 Å². The van der Waals surface area contributed by atoms with Crippen molar-refractivity contribution in [3.05, 3.63) is 24.0 Å². The number of hydrogen-bond acceptors (Lipinski definition) is 3. The third kappa shape index (κ3) is 1.51. The van der Waals surface area contributed by atoms with Crippen LogP contribution in [0.25, 0.3) is 11.0 Å². The molecule has 3 atom stereocenters. The van der Waals surface area contributed by atoms with Gasteiger partial charge in [-0.05, 0) is 31.0 Å². The summed E-state index contributed by atoms with van der Waals surface area (Å²) in [7, 11) is 4.03. The van der Waals surface area contributed by atoms with Crippen LogP contribution in [0.5, 0.6) is 0 Å². The monoisotopic (exact) mass is 260 g/mol. The summed E-state index contributed by atoms with van der Waals surface area (Å²) in [4.78, 5) is 6.91. The highest BCUT2D eigenvalue weighted by atomic mass is 19.1. The number of aryl methyl sites for hydroxylation is 1. The first-order valence-corrected chi connectivity index (χ1v) is 6.73. The molecule has 0 amide bonds. The van der Waals surface area contributed by atoms with Crippen molar-refractivity contribution in [3.8, 4) is 0 Å². The Morgan fingerprint density at radius 2 is 2.05 bits per heavy atom. The van der Waals surface area contributed by atoms with Crippen LogP contribution in [0.1, 0.15) is 0 Å². The van der Waals surface area contributed by atoms with Crippen LogP contribution in [0.4, 0.5) is 10.3 Å². The lowest BCUT2D eigenvalue weighted by molar-refractivity contribution is 0.629. The molecule has 5 heteroatoms. The molecule has 0 radical (unpaired) electrons. The standard InChI is InChI=1S/C14H17FN4/c1-16-13-9-6-19(7-10(9)13)14-17-11-5-8(15)3-4-12(11)18(14)2/h3-5,9-10,13,16H,6-7H2,1-2H3/t9-,10+,13?. The Morgan fingerprint density at radius 3 is 2.74 bits per heavy atom. The summed E-state index contributed by atoms with van der Waals surface area (Å²) in [6.45, 7) is 2.10. The number of rotatable bonds is 2. The Morgan fingerprint density at radius 1 is 1.32 bits per heavy atom. The van der Waals surface area contributed by atoms with Crippen LogP contribution in [0.15, 0.2) is 18.2 Å². The minimum Gasteiger partial charge on any atom is -0.342 e. The van der Waals surface area contributed by atoms with E-state index in [1.807, 2.05) is 14.1 Å². The summed E-state index contributed by atoms with van der Waals surface area (Å²) in [5.41, 5.74) is 1.73. The van der Waals surface area contributed by atoms with E-state index < -0.39 is 0 Å². The van der Waals surface area contributed by atoms with Gasteiger partial charge >= 0.3 is 0 Å². The molecular weight excluding hydrogens is 243 g/mol. The number of anilines is 1. The molecule has 2 fully saturated rings. The summed E-state index contributed by atoms with van der Waals surface area (Å²) in [6, 6.07) is 5.48. The average molecular weight is 260 g/mol. The van der Waals surface area contributed by atoms with Crippen molar-refractivity contribution < 1.29 is 4.39 Å². The molecule has 0 spiro atoms. The highest BCUT2D eigenvalue weighted by Crippen LogP contribution is 2.46. The SMILES string of the molecule is CNC1[C@H]2CN(c3nc4cc(F)ccc4n3C)C[C@@H]12. The van der Waals surface area contributed by atoms with Crippen molar-refractivity contribution in [2.24, 2.45) is 18.9 Å². The summed E-state index contributed by atoms with van der Waals surface area (Å²) in [6.07, 6.45) is 0. The van der Waals surface area contributed by atoms with Crippen LogP contribution in [0, 0.1) is 17.7 Å². The topological polar surface area (TPSA) is 33.1 Å². The molecule has 2 aliphatic rings. The van der Waals surface area contributed by atoms with Gasteiger partial charge in [-0.3, -0.25) is 0 Å². The van der Waals surface area contributed by atoms with Crippen LogP contribution < -0.4 is 10.2 Å². The first kappa shape index (κ1) is 11.2. The number of hydrogen-bond donors (Lipinski definition) is 1. The highest BCUT2D eigenvalue weighted by Gasteiger charge is 2.55. The second-order valence-electron chi connectivity index (χ2n) is 5.65. The highest BCUT2D eigenvalue weighted by molar-refractivity contribution is 5.79. The number of nitrogens with one attached hydrogen (secondary N) is 1. The predicted octanol–water partition coefficient (Wildman–Crippen LogP) is 1.37. The van der Waals surface area contributed by atoms with Crippen LogP contribution >= 0.6 is 0 Å². The van der Waals surface area contributed by atoms with E-state index in [2.05, 4.69) is 19.8 Å². The fraction of sp³-hybridized carbons (Fsp3) is 0.500. The Kier molecular flexibility index (Phi) is 2.18. The second kappa shape index (κ2) is 3.70. The van der Waals surface area contributed by atoms with E-state index in [1.165, 1.54) is 12.1 Å². The molecule has 0 bridgehead atoms. The van der Waals surface area contributed by atoms with Crippen LogP contribution in [0.3, 0.4) is 0 Å². The normalized spacial score (nSPS) is 29.0. The molecule has 100 valence electrons. The zero-order valence-corrected chi connectivity index (χ0v) is 11.1. The van der Waals surface area contributed by atoms with Crippen molar-refractivity contribution >= 4 is 17.0 Å². The van der Waals surface area contributed by atoms with Gasteiger partial charge < -0.3 is 14.8 Å². The van der Waals surface area contributed by atoms with E-state index in [0.29, 0.717) is 6.04 Å². The molecule has 1 saturated heterocycles. The maximum atomic E-state index is 13.2. The quantitative estimate of drug-likeness (QED) is 0.885. The number of nitrogens with zero attached hydrogens (tertiary/aromatic N) is 3. The molecule has 1 aromatic heterocycles. The van der Waals surface area contributed by atoms with E-state index in [4.69, 9.17) is 0 Å². The Balaban J connectivity index is 1.67. The van der Waals surface area contributed by atoms with E-state index in [9.17, 15) is 4.39 Å². The lowest BCUT2D eigenvalue weighted by Gasteiger charge is -2.20. The number of aromatic nitrogens is 2. The number of imidazole rings is 1. The maximum absolute atomic E-state index is 13.2.